The van der Waals surface area contributed by atoms with Crippen molar-refractivity contribution in [1.29, 1.82) is 0 Å². The van der Waals surface area contributed by atoms with Gasteiger partial charge in [0.2, 0.25) is 5.91 Å². The zero-order valence-corrected chi connectivity index (χ0v) is 18.5. The van der Waals surface area contributed by atoms with Crippen molar-refractivity contribution in [3.63, 3.8) is 0 Å². The third-order valence-corrected chi connectivity index (χ3v) is 7.23. The summed E-state index contributed by atoms with van der Waals surface area (Å²) in [5, 5.41) is 7.66. The summed E-state index contributed by atoms with van der Waals surface area (Å²) in [6.45, 7) is -0.391. The van der Waals surface area contributed by atoms with Crippen molar-refractivity contribution in [1.82, 2.24) is 15.5 Å². The van der Waals surface area contributed by atoms with Crippen LogP contribution in [-0.4, -0.2) is 29.3 Å². The zero-order chi connectivity index (χ0) is 23.0. The van der Waals surface area contributed by atoms with Crippen LogP contribution >= 0.6 is 11.3 Å². The molecule has 33 heavy (non-hydrogen) atoms. The summed E-state index contributed by atoms with van der Waals surface area (Å²) < 4.78 is 13.4. The Morgan fingerprint density at radius 1 is 1.12 bits per heavy atom. The van der Waals surface area contributed by atoms with E-state index < -0.39 is 36.0 Å². The Morgan fingerprint density at radius 2 is 1.91 bits per heavy atom. The lowest BCUT2D eigenvalue weighted by molar-refractivity contribution is -0.135. The molecule has 1 spiro atoms. The van der Waals surface area contributed by atoms with Gasteiger partial charge in [0.05, 0.1) is 6.04 Å². The molecule has 0 saturated carbocycles. The molecule has 3 aromatic rings. The van der Waals surface area contributed by atoms with Crippen LogP contribution in [0.4, 0.5) is 9.18 Å². The van der Waals surface area contributed by atoms with Gasteiger partial charge in [-0.25, -0.2) is 9.18 Å². The summed E-state index contributed by atoms with van der Waals surface area (Å²) in [4.78, 5) is 41.1. The fourth-order valence-corrected chi connectivity index (χ4v) is 5.54. The fraction of sp³-hybridized carbons (Fsp3) is 0.240. The minimum absolute atomic E-state index is 0.368. The lowest BCUT2D eigenvalue weighted by Crippen LogP contribution is -2.47. The third-order valence-electron chi connectivity index (χ3n) is 6.29. The van der Waals surface area contributed by atoms with Gasteiger partial charge < -0.3 is 10.6 Å². The molecule has 2 N–H and O–H groups in total. The number of halogens is 1. The molecule has 2 atom stereocenters. The molecule has 1 saturated heterocycles. The molecule has 1 aliphatic heterocycles. The van der Waals surface area contributed by atoms with E-state index in [0.29, 0.717) is 12.0 Å². The summed E-state index contributed by atoms with van der Waals surface area (Å²) in [7, 11) is 0. The van der Waals surface area contributed by atoms with Crippen LogP contribution in [0.25, 0.3) is 0 Å². The molecule has 2 heterocycles. The van der Waals surface area contributed by atoms with Crippen LogP contribution in [-0.2, 0) is 21.5 Å². The van der Waals surface area contributed by atoms with Crippen LogP contribution in [0.3, 0.4) is 0 Å². The summed E-state index contributed by atoms with van der Waals surface area (Å²) in [6.07, 6.45) is 2.12. The number of carbonyl (C=O) groups excluding carboxylic acids is 3. The van der Waals surface area contributed by atoms with E-state index >= 15 is 0 Å². The first-order valence-electron chi connectivity index (χ1n) is 10.8. The highest BCUT2D eigenvalue weighted by molar-refractivity contribution is 7.10. The predicted molar refractivity (Wildman–Crippen MR) is 122 cm³/mol. The van der Waals surface area contributed by atoms with E-state index in [1.54, 1.807) is 12.1 Å². The highest BCUT2D eigenvalue weighted by Gasteiger charge is 2.54. The molecule has 5 rings (SSSR count). The number of hydrogen-bond donors (Lipinski definition) is 2. The Kier molecular flexibility index (Phi) is 5.46. The number of rotatable bonds is 5. The number of carbonyl (C=O) groups is 3. The van der Waals surface area contributed by atoms with E-state index in [0.717, 1.165) is 33.7 Å². The highest BCUT2D eigenvalue weighted by atomic mass is 32.1. The van der Waals surface area contributed by atoms with Crippen LogP contribution < -0.4 is 10.6 Å². The number of fused-ring (bicyclic) bond motifs is 2. The van der Waals surface area contributed by atoms with Gasteiger partial charge in [-0.1, -0.05) is 42.5 Å². The molecular weight excluding hydrogens is 441 g/mol. The maximum atomic E-state index is 13.4. The molecule has 2 aromatic carbocycles. The van der Waals surface area contributed by atoms with Crippen LogP contribution in [0.5, 0.6) is 0 Å². The Hall–Kier alpha value is -3.52. The van der Waals surface area contributed by atoms with Crippen molar-refractivity contribution in [2.45, 2.75) is 30.8 Å². The summed E-state index contributed by atoms with van der Waals surface area (Å²) >= 11 is 1.46. The van der Waals surface area contributed by atoms with Crippen molar-refractivity contribution in [2.24, 2.45) is 0 Å². The SMILES string of the molecule is O=C(CN1C(=O)N[C@]2(CCCc3ccccc32)C1=O)N[C@H](c1ccc(F)cc1)c1cccs1. The van der Waals surface area contributed by atoms with Gasteiger partial charge in [0.25, 0.3) is 5.91 Å². The maximum absolute atomic E-state index is 13.4. The van der Waals surface area contributed by atoms with Gasteiger partial charge in [-0.15, -0.1) is 11.3 Å². The van der Waals surface area contributed by atoms with Crippen molar-refractivity contribution in [3.8, 4) is 0 Å². The Bertz CT molecular complexity index is 1210. The second kappa shape index (κ2) is 8.44. The molecule has 168 valence electrons. The van der Waals surface area contributed by atoms with Gasteiger partial charge in [0.1, 0.15) is 17.9 Å². The maximum Gasteiger partial charge on any atom is 0.325 e. The molecule has 0 unspecified atom stereocenters. The third kappa shape index (κ3) is 3.80. The number of nitrogens with zero attached hydrogens (tertiary/aromatic N) is 1. The van der Waals surface area contributed by atoms with Crippen molar-refractivity contribution < 1.29 is 18.8 Å². The molecule has 0 bridgehead atoms. The first kappa shape index (κ1) is 21.3. The quantitative estimate of drug-likeness (QED) is 0.564. The largest absolute Gasteiger partial charge is 0.343 e. The molecule has 1 aromatic heterocycles. The van der Waals surface area contributed by atoms with E-state index in [1.165, 1.54) is 23.5 Å². The number of thiophene rings is 1. The normalized spacial score (nSPS) is 20.5. The van der Waals surface area contributed by atoms with E-state index in [4.69, 9.17) is 0 Å². The Morgan fingerprint density at radius 3 is 2.67 bits per heavy atom. The van der Waals surface area contributed by atoms with E-state index in [2.05, 4.69) is 10.6 Å². The fourth-order valence-electron chi connectivity index (χ4n) is 4.73. The highest BCUT2D eigenvalue weighted by Crippen LogP contribution is 2.39. The molecule has 1 aliphatic carbocycles. The number of benzene rings is 2. The first-order valence-corrected chi connectivity index (χ1v) is 11.7. The average molecular weight is 464 g/mol. The summed E-state index contributed by atoms with van der Waals surface area (Å²) in [6, 6.07) is 16.2. The van der Waals surface area contributed by atoms with Crippen molar-refractivity contribution in [2.75, 3.05) is 6.54 Å². The summed E-state index contributed by atoms with van der Waals surface area (Å²) in [5.74, 6) is -1.24. The van der Waals surface area contributed by atoms with E-state index in [-0.39, 0.29) is 5.82 Å². The van der Waals surface area contributed by atoms with Gasteiger partial charge in [-0.2, -0.15) is 0 Å². The smallest absolute Gasteiger partial charge is 0.325 e. The average Bonchev–Trinajstić information content (AvgIpc) is 3.43. The Labute approximate surface area is 194 Å². The lowest BCUT2D eigenvalue weighted by Gasteiger charge is -2.33. The number of aryl methyl sites for hydroxylation is 1. The minimum atomic E-state index is -1.11. The number of amides is 4. The summed E-state index contributed by atoms with van der Waals surface area (Å²) in [5.41, 5.74) is 1.44. The van der Waals surface area contributed by atoms with Crippen LogP contribution in [0.1, 0.15) is 40.5 Å². The molecule has 2 aliphatic rings. The molecule has 1 fully saturated rings. The second-order valence-corrected chi connectivity index (χ2v) is 9.28. The number of nitrogens with one attached hydrogen (secondary N) is 2. The van der Waals surface area contributed by atoms with Crippen LogP contribution in [0, 0.1) is 5.82 Å². The molecule has 8 heteroatoms. The first-order chi connectivity index (χ1) is 16.0. The van der Waals surface area contributed by atoms with Gasteiger partial charge in [0, 0.05) is 4.88 Å². The lowest BCUT2D eigenvalue weighted by atomic mass is 9.76. The van der Waals surface area contributed by atoms with Crippen LogP contribution in [0.2, 0.25) is 0 Å². The zero-order valence-electron chi connectivity index (χ0n) is 17.7. The molecule has 4 amide bonds. The van der Waals surface area contributed by atoms with Gasteiger partial charge in [-0.05, 0) is 59.5 Å². The monoisotopic (exact) mass is 463 g/mol. The topological polar surface area (TPSA) is 78.5 Å². The van der Waals surface area contributed by atoms with E-state index in [1.807, 2.05) is 41.8 Å². The van der Waals surface area contributed by atoms with Crippen LogP contribution in [0.15, 0.2) is 66.0 Å². The van der Waals surface area contributed by atoms with E-state index in [9.17, 15) is 18.8 Å². The predicted octanol–water partition coefficient (Wildman–Crippen LogP) is 3.88. The minimum Gasteiger partial charge on any atom is -0.343 e. The van der Waals surface area contributed by atoms with Gasteiger partial charge in [-0.3, -0.25) is 14.5 Å². The number of imide groups is 1. The second-order valence-electron chi connectivity index (χ2n) is 8.30. The van der Waals surface area contributed by atoms with Gasteiger partial charge in [0.15, 0.2) is 0 Å². The molecule has 0 radical (unpaired) electrons. The molecule has 6 nitrogen and oxygen atoms in total. The number of urea groups is 1. The molecular formula is C25H22FN3O3S. The number of hydrogen-bond acceptors (Lipinski definition) is 4. The standard InChI is InChI=1S/C25H22FN3O3S/c26-18-11-9-17(10-12-18)22(20-8-4-14-33-20)27-21(30)15-29-23(31)25(28-24(29)32)13-3-6-16-5-1-2-7-19(16)25/h1-2,4-5,7-12,14,22H,3,6,13,15H2,(H,27,30)(H,28,32)/t22-,25+/m1/s1. The van der Waals surface area contributed by atoms with Gasteiger partial charge >= 0.3 is 6.03 Å². The van der Waals surface area contributed by atoms with Crippen molar-refractivity contribution >= 4 is 29.2 Å². The van der Waals surface area contributed by atoms with Crippen molar-refractivity contribution in [3.05, 3.63) is 93.4 Å². The Balaban J connectivity index is 1.37.